The Morgan fingerprint density at radius 1 is 1.26 bits per heavy atom. The van der Waals surface area contributed by atoms with Gasteiger partial charge in [-0.1, -0.05) is 40.2 Å². The van der Waals surface area contributed by atoms with Crippen molar-refractivity contribution in [2.75, 3.05) is 6.61 Å². The molecule has 0 bridgehead atoms. The molecule has 23 heavy (non-hydrogen) atoms. The molecule has 7 heteroatoms. The fourth-order valence-electron chi connectivity index (χ4n) is 2.44. The van der Waals surface area contributed by atoms with E-state index in [1.165, 1.54) is 17.1 Å². The van der Waals surface area contributed by atoms with Crippen LogP contribution in [0.4, 0.5) is 0 Å². The average Bonchev–Trinajstić information content (AvgIpc) is 3.08. The van der Waals surface area contributed by atoms with Crippen LogP contribution in [0.3, 0.4) is 0 Å². The molecule has 0 N–H and O–H groups in total. The smallest absolute Gasteiger partial charge is 0.342 e. The molecule has 0 fully saturated rings. The molecule has 0 aliphatic carbocycles. The lowest BCUT2D eigenvalue weighted by molar-refractivity contribution is -0.159. The summed E-state index contributed by atoms with van der Waals surface area (Å²) in [6.07, 6.45) is 3.31. The second kappa shape index (κ2) is 7.50. The lowest BCUT2D eigenvalue weighted by Gasteiger charge is -2.29. The number of nitrogens with zero attached hydrogens (tertiary/aromatic N) is 3. The number of carbonyl (C=O) groups is 2. The van der Waals surface area contributed by atoms with Gasteiger partial charge in [-0.05, 0) is 24.6 Å². The van der Waals surface area contributed by atoms with Crippen molar-refractivity contribution in [3.63, 3.8) is 0 Å². The number of carbonyl (C=O) groups excluding carboxylic acids is 2. The van der Waals surface area contributed by atoms with E-state index in [2.05, 4.69) is 26.2 Å². The number of ether oxygens (including phenoxy) is 1. The molecule has 0 saturated carbocycles. The van der Waals surface area contributed by atoms with Gasteiger partial charge < -0.3 is 4.74 Å². The first-order chi connectivity index (χ1) is 11.0. The highest BCUT2D eigenvalue weighted by Gasteiger charge is 2.49. The van der Waals surface area contributed by atoms with Crippen LogP contribution in [0.1, 0.15) is 25.8 Å². The maximum absolute atomic E-state index is 12.7. The zero-order valence-corrected chi connectivity index (χ0v) is 14.6. The molecule has 1 aromatic carbocycles. The van der Waals surface area contributed by atoms with Crippen LogP contribution in [-0.2, 0) is 26.3 Å². The number of hydrogen-bond acceptors (Lipinski definition) is 5. The van der Waals surface area contributed by atoms with Crippen molar-refractivity contribution in [2.24, 2.45) is 0 Å². The van der Waals surface area contributed by atoms with E-state index in [4.69, 9.17) is 4.74 Å². The Hall–Kier alpha value is -2.02. The summed E-state index contributed by atoms with van der Waals surface area (Å²) >= 11 is 3.37. The largest absolute Gasteiger partial charge is 0.464 e. The number of esters is 1. The molecule has 0 aliphatic heterocycles. The normalized spacial score (nSPS) is 13.3. The summed E-state index contributed by atoms with van der Waals surface area (Å²) in [6, 6.07) is 7.45. The average molecular weight is 380 g/mol. The van der Waals surface area contributed by atoms with Crippen LogP contribution in [-0.4, -0.2) is 33.4 Å². The molecular formula is C16H18BrN3O3. The number of aromatic nitrogens is 3. The van der Waals surface area contributed by atoms with E-state index < -0.39 is 11.5 Å². The van der Waals surface area contributed by atoms with Gasteiger partial charge in [-0.15, -0.1) is 5.10 Å². The van der Waals surface area contributed by atoms with Gasteiger partial charge in [0, 0.05) is 23.5 Å². The van der Waals surface area contributed by atoms with Crippen molar-refractivity contribution >= 4 is 27.7 Å². The molecule has 0 aliphatic rings. The first-order valence-corrected chi connectivity index (χ1v) is 8.15. The Morgan fingerprint density at radius 2 is 1.96 bits per heavy atom. The summed E-state index contributed by atoms with van der Waals surface area (Å²) in [5, 5.41) is 7.66. The highest BCUT2D eigenvalue weighted by molar-refractivity contribution is 9.10. The Balaban J connectivity index is 2.53. The van der Waals surface area contributed by atoms with Gasteiger partial charge in [0.2, 0.25) is 5.54 Å². The zero-order valence-electron chi connectivity index (χ0n) is 13.0. The first-order valence-electron chi connectivity index (χ1n) is 7.36. The van der Waals surface area contributed by atoms with Crippen LogP contribution in [0.5, 0.6) is 0 Å². The minimum atomic E-state index is -1.53. The monoisotopic (exact) mass is 379 g/mol. The van der Waals surface area contributed by atoms with Gasteiger partial charge in [0.1, 0.15) is 0 Å². The van der Waals surface area contributed by atoms with Gasteiger partial charge in [-0.2, -0.15) is 0 Å². The summed E-state index contributed by atoms with van der Waals surface area (Å²) in [6.45, 7) is 3.61. The van der Waals surface area contributed by atoms with Gasteiger partial charge in [0.05, 0.1) is 12.8 Å². The van der Waals surface area contributed by atoms with E-state index in [0.717, 1.165) is 10.0 Å². The Labute approximate surface area is 143 Å². The lowest BCUT2D eigenvalue weighted by atomic mass is 9.85. The summed E-state index contributed by atoms with van der Waals surface area (Å²) in [4.78, 5) is 25.4. The number of rotatable bonds is 7. The van der Waals surface area contributed by atoms with Crippen LogP contribution in [0.25, 0.3) is 0 Å². The highest BCUT2D eigenvalue weighted by Crippen LogP contribution is 2.27. The van der Waals surface area contributed by atoms with Crippen LogP contribution >= 0.6 is 15.9 Å². The quantitative estimate of drug-likeness (QED) is 0.545. The fourth-order valence-corrected chi connectivity index (χ4v) is 2.70. The minimum Gasteiger partial charge on any atom is -0.464 e. The number of Topliss-reactive ketones (excluding diaryl/α,β-unsaturated/α-hetero) is 1. The molecule has 0 radical (unpaired) electrons. The molecule has 2 rings (SSSR count). The van der Waals surface area contributed by atoms with Gasteiger partial charge in [-0.25, -0.2) is 9.48 Å². The molecule has 0 saturated heterocycles. The second-order valence-electron chi connectivity index (χ2n) is 5.01. The molecule has 122 valence electrons. The molecular weight excluding hydrogens is 362 g/mol. The summed E-state index contributed by atoms with van der Waals surface area (Å²) < 4.78 is 7.42. The standard InChI is InChI=1S/C16H18BrN3O3/c1-3-14(21)16(15(22)23-4-2,20-10-9-18-19-20)11-12-5-7-13(17)8-6-12/h5-10H,3-4,11H2,1-2H3. The van der Waals surface area contributed by atoms with Crippen LogP contribution in [0.2, 0.25) is 0 Å². The Kier molecular flexibility index (Phi) is 5.65. The zero-order chi connectivity index (χ0) is 16.9. The van der Waals surface area contributed by atoms with Gasteiger partial charge in [0.15, 0.2) is 5.78 Å². The third-order valence-corrected chi connectivity index (χ3v) is 4.11. The third kappa shape index (κ3) is 3.50. The van der Waals surface area contributed by atoms with E-state index in [1.54, 1.807) is 13.8 Å². The van der Waals surface area contributed by atoms with Gasteiger partial charge in [-0.3, -0.25) is 4.79 Å². The third-order valence-electron chi connectivity index (χ3n) is 3.58. The predicted molar refractivity (Wildman–Crippen MR) is 87.8 cm³/mol. The van der Waals surface area contributed by atoms with Crippen molar-refractivity contribution in [1.29, 1.82) is 0 Å². The topological polar surface area (TPSA) is 74.1 Å². The van der Waals surface area contributed by atoms with Crippen LogP contribution in [0.15, 0.2) is 41.1 Å². The fraction of sp³-hybridized carbons (Fsp3) is 0.375. The first kappa shape index (κ1) is 17.3. The molecule has 0 amide bonds. The van der Waals surface area contributed by atoms with Crippen LogP contribution in [0, 0.1) is 0 Å². The number of halogens is 1. The van der Waals surface area contributed by atoms with E-state index in [1.807, 2.05) is 24.3 Å². The molecule has 0 spiro atoms. The lowest BCUT2D eigenvalue weighted by Crippen LogP contribution is -2.52. The van der Waals surface area contributed by atoms with Crippen molar-refractivity contribution in [3.05, 3.63) is 46.7 Å². The van der Waals surface area contributed by atoms with E-state index in [9.17, 15) is 9.59 Å². The highest BCUT2D eigenvalue weighted by atomic mass is 79.9. The molecule has 1 atom stereocenters. The van der Waals surface area contributed by atoms with Crippen molar-refractivity contribution < 1.29 is 14.3 Å². The van der Waals surface area contributed by atoms with Crippen molar-refractivity contribution in [1.82, 2.24) is 15.0 Å². The maximum atomic E-state index is 12.7. The van der Waals surface area contributed by atoms with Gasteiger partial charge in [0.25, 0.3) is 0 Å². The van der Waals surface area contributed by atoms with Crippen molar-refractivity contribution in [2.45, 2.75) is 32.2 Å². The van der Waals surface area contributed by atoms with E-state index >= 15 is 0 Å². The molecule has 1 unspecified atom stereocenters. The minimum absolute atomic E-state index is 0.162. The number of benzene rings is 1. The second-order valence-corrected chi connectivity index (χ2v) is 5.92. The number of ketones is 1. The Bertz CT molecular complexity index is 670. The summed E-state index contributed by atoms with van der Waals surface area (Å²) in [5.74, 6) is -0.871. The SMILES string of the molecule is CCOC(=O)C(Cc1ccc(Br)cc1)(C(=O)CC)n1ccnn1. The van der Waals surface area contributed by atoms with Crippen molar-refractivity contribution in [3.8, 4) is 0 Å². The van der Waals surface area contributed by atoms with E-state index in [0.29, 0.717) is 0 Å². The van der Waals surface area contributed by atoms with E-state index in [-0.39, 0.29) is 25.2 Å². The summed E-state index contributed by atoms with van der Waals surface area (Å²) in [5.41, 5.74) is -0.701. The predicted octanol–water partition coefficient (Wildman–Crippen LogP) is 2.52. The number of hydrogen-bond donors (Lipinski definition) is 0. The molecule has 2 aromatic rings. The maximum Gasteiger partial charge on any atom is 0.342 e. The van der Waals surface area contributed by atoms with Gasteiger partial charge >= 0.3 is 5.97 Å². The molecule has 6 nitrogen and oxygen atoms in total. The molecule has 1 heterocycles. The Morgan fingerprint density at radius 3 is 2.48 bits per heavy atom. The van der Waals surface area contributed by atoms with Crippen LogP contribution < -0.4 is 0 Å². The summed E-state index contributed by atoms with van der Waals surface area (Å²) in [7, 11) is 0. The molecule has 1 aromatic heterocycles.